The van der Waals surface area contributed by atoms with Gasteiger partial charge in [-0.2, -0.15) is 0 Å². The summed E-state index contributed by atoms with van der Waals surface area (Å²) in [6.45, 7) is 4.73. The molecule has 1 heterocycles. The van der Waals surface area contributed by atoms with Crippen LogP contribution in [0.2, 0.25) is 0 Å². The normalized spacial score (nSPS) is 13.3. The fourth-order valence-electron chi connectivity index (χ4n) is 9.25. The van der Waals surface area contributed by atoms with Gasteiger partial charge in [0, 0.05) is 21.6 Å². The van der Waals surface area contributed by atoms with Crippen molar-refractivity contribution in [3.8, 4) is 44.5 Å². The molecule has 10 aromatic rings. The van der Waals surface area contributed by atoms with Crippen molar-refractivity contribution < 1.29 is 4.42 Å². The molecule has 1 heteroatoms. The van der Waals surface area contributed by atoms with E-state index in [2.05, 4.69) is 184 Å². The Morgan fingerprint density at radius 3 is 1.71 bits per heavy atom. The van der Waals surface area contributed by atoms with Crippen molar-refractivity contribution in [3.63, 3.8) is 0 Å². The molecule has 0 amide bonds. The van der Waals surface area contributed by atoms with Gasteiger partial charge < -0.3 is 4.42 Å². The smallest absolute Gasteiger partial charge is 0.143 e. The van der Waals surface area contributed by atoms with Gasteiger partial charge in [-0.3, -0.25) is 0 Å². The van der Waals surface area contributed by atoms with Gasteiger partial charge in [-0.25, -0.2) is 0 Å². The van der Waals surface area contributed by atoms with Crippen molar-refractivity contribution in [3.05, 3.63) is 181 Å². The summed E-state index contributed by atoms with van der Waals surface area (Å²) < 4.78 is 6.57. The van der Waals surface area contributed by atoms with Crippen LogP contribution in [0, 0.1) is 0 Å². The first-order valence-electron chi connectivity index (χ1n) is 18.2. The maximum absolute atomic E-state index is 6.57. The molecule has 0 N–H and O–H groups in total. The lowest BCUT2D eigenvalue weighted by atomic mass is 9.80. The van der Waals surface area contributed by atoms with Crippen LogP contribution in [-0.2, 0) is 5.41 Å². The number of rotatable bonds is 3. The zero-order valence-electron chi connectivity index (χ0n) is 29.1. The predicted molar refractivity (Wildman–Crippen MR) is 220 cm³/mol. The molecule has 0 saturated heterocycles. The van der Waals surface area contributed by atoms with Crippen LogP contribution < -0.4 is 0 Å². The first-order valence-corrected chi connectivity index (χ1v) is 18.2. The molecule has 11 rings (SSSR count). The van der Waals surface area contributed by atoms with E-state index in [1.54, 1.807) is 0 Å². The largest absolute Gasteiger partial charge is 0.455 e. The van der Waals surface area contributed by atoms with Gasteiger partial charge in [-0.1, -0.05) is 159 Å². The summed E-state index contributed by atoms with van der Waals surface area (Å²) >= 11 is 0. The van der Waals surface area contributed by atoms with Gasteiger partial charge in [-0.05, 0) is 107 Å². The van der Waals surface area contributed by atoms with Gasteiger partial charge in [0.1, 0.15) is 11.2 Å². The number of fused-ring (bicyclic) bond motifs is 10. The van der Waals surface area contributed by atoms with Crippen molar-refractivity contribution in [1.29, 1.82) is 0 Å². The van der Waals surface area contributed by atoms with Crippen molar-refractivity contribution >= 4 is 54.3 Å². The van der Waals surface area contributed by atoms with Crippen LogP contribution >= 0.6 is 0 Å². The minimum Gasteiger partial charge on any atom is -0.455 e. The lowest BCUT2D eigenvalue weighted by Gasteiger charge is -2.23. The Morgan fingerprint density at radius 2 is 0.962 bits per heavy atom. The second-order valence-electron chi connectivity index (χ2n) is 14.8. The highest BCUT2D eigenvalue weighted by Gasteiger charge is 2.35. The second kappa shape index (κ2) is 10.8. The summed E-state index contributed by atoms with van der Waals surface area (Å²) in [5.74, 6) is 0. The van der Waals surface area contributed by atoms with E-state index in [4.69, 9.17) is 4.42 Å². The predicted octanol–water partition coefficient (Wildman–Crippen LogP) is 14.4. The van der Waals surface area contributed by atoms with E-state index in [0.717, 1.165) is 27.3 Å². The Balaban J connectivity index is 1.13. The quantitative estimate of drug-likeness (QED) is 0.172. The van der Waals surface area contributed by atoms with Gasteiger partial charge in [0.05, 0.1) is 0 Å². The molecule has 9 aromatic carbocycles. The zero-order valence-corrected chi connectivity index (χ0v) is 29.1. The topological polar surface area (TPSA) is 13.1 Å². The minimum absolute atomic E-state index is 0.0653. The van der Waals surface area contributed by atoms with Crippen molar-refractivity contribution in [1.82, 2.24) is 0 Å². The van der Waals surface area contributed by atoms with Crippen LogP contribution in [0.15, 0.2) is 174 Å². The zero-order chi connectivity index (χ0) is 34.6. The first-order chi connectivity index (χ1) is 25.6. The average molecular weight is 663 g/mol. The Bertz CT molecular complexity index is 3040. The van der Waals surface area contributed by atoms with E-state index in [9.17, 15) is 0 Å². The molecule has 244 valence electrons. The molecule has 0 spiro atoms. The summed E-state index contributed by atoms with van der Waals surface area (Å²) in [6.07, 6.45) is 0. The summed E-state index contributed by atoms with van der Waals surface area (Å²) in [4.78, 5) is 0. The highest BCUT2D eigenvalue weighted by atomic mass is 16.3. The lowest BCUT2D eigenvalue weighted by molar-refractivity contribution is 0.660. The van der Waals surface area contributed by atoms with Gasteiger partial charge >= 0.3 is 0 Å². The highest BCUT2D eigenvalue weighted by Crippen LogP contribution is 2.51. The van der Waals surface area contributed by atoms with Crippen LogP contribution in [-0.4, -0.2) is 0 Å². The Morgan fingerprint density at radius 1 is 0.385 bits per heavy atom. The third-order valence-corrected chi connectivity index (χ3v) is 11.7. The molecule has 0 aliphatic heterocycles. The Kier molecular flexibility index (Phi) is 6.08. The van der Waals surface area contributed by atoms with Gasteiger partial charge in [-0.15, -0.1) is 0 Å². The van der Waals surface area contributed by atoms with Crippen molar-refractivity contribution in [2.45, 2.75) is 19.3 Å². The number of benzene rings is 9. The number of furan rings is 1. The number of hydrogen-bond acceptors (Lipinski definition) is 1. The van der Waals surface area contributed by atoms with Gasteiger partial charge in [0.2, 0.25) is 0 Å². The molecule has 0 radical (unpaired) electrons. The van der Waals surface area contributed by atoms with Crippen molar-refractivity contribution in [2.75, 3.05) is 0 Å². The molecule has 52 heavy (non-hydrogen) atoms. The third kappa shape index (κ3) is 4.05. The van der Waals surface area contributed by atoms with E-state index in [1.165, 1.54) is 82.6 Å². The third-order valence-electron chi connectivity index (χ3n) is 11.7. The SMILES string of the molecule is CC1(C)c2ccccc2-c2ccc(-c3c4ccccc4c(-c4cccc(-c5cccc6oc7c8ccccc8ccc7c56)c4)c4ccccc34)cc21. The molecule has 1 nitrogen and oxygen atoms in total. The Hall–Kier alpha value is -6.44. The molecular weight excluding hydrogens is 629 g/mol. The summed E-state index contributed by atoms with van der Waals surface area (Å²) in [6, 6.07) is 62.4. The van der Waals surface area contributed by atoms with E-state index < -0.39 is 0 Å². The van der Waals surface area contributed by atoms with Gasteiger partial charge in [0.25, 0.3) is 0 Å². The average Bonchev–Trinajstić information content (AvgIpc) is 3.69. The molecule has 1 aliphatic rings. The Labute approximate surface area is 302 Å². The molecule has 1 aromatic heterocycles. The standard InChI is InChI=1S/C51H34O/c1-51(2)44-23-10-9-17-37(44)38-27-26-34(30-45(38)51)48-41-20-7-5-18-39(41)47(40-19-6-8-21-42(40)48)33-15-11-14-32(29-33)35-22-12-24-46-49(35)43-28-25-31-13-3-4-16-36(31)50(43)52-46/h3-30H,1-2H3. The fraction of sp³-hybridized carbons (Fsp3) is 0.0588. The van der Waals surface area contributed by atoms with Crippen LogP contribution in [0.5, 0.6) is 0 Å². The maximum Gasteiger partial charge on any atom is 0.143 e. The first kappa shape index (κ1) is 29.3. The second-order valence-corrected chi connectivity index (χ2v) is 14.8. The monoisotopic (exact) mass is 662 g/mol. The van der Waals surface area contributed by atoms with E-state index >= 15 is 0 Å². The maximum atomic E-state index is 6.57. The summed E-state index contributed by atoms with van der Waals surface area (Å²) in [5.41, 5.74) is 14.7. The van der Waals surface area contributed by atoms with E-state index in [0.29, 0.717) is 0 Å². The molecule has 0 bridgehead atoms. The highest BCUT2D eigenvalue weighted by molar-refractivity contribution is 6.22. The van der Waals surface area contributed by atoms with Crippen LogP contribution in [0.3, 0.4) is 0 Å². The van der Waals surface area contributed by atoms with Crippen LogP contribution in [0.1, 0.15) is 25.0 Å². The van der Waals surface area contributed by atoms with E-state index in [-0.39, 0.29) is 5.41 Å². The number of hydrogen-bond donors (Lipinski definition) is 0. The minimum atomic E-state index is -0.0653. The molecule has 0 unspecified atom stereocenters. The molecule has 0 atom stereocenters. The van der Waals surface area contributed by atoms with Crippen molar-refractivity contribution in [2.24, 2.45) is 0 Å². The summed E-state index contributed by atoms with van der Waals surface area (Å²) in [7, 11) is 0. The molecule has 1 aliphatic carbocycles. The van der Waals surface area contributed by atoms with Crippen LogP contribution in [0.25, 0.3) is 98.8 Å². The molecule has 0 saturated carbocycles. The van der Waals surface area contributed by atoms with E-state index in [1.807, 2.05) is 0 Å². The fourth-order valence-corrected chi connectivity index (χ4v) is 9.25. The summed E-state index contributed by atoms with van der Waals surface area (Å²) in [5, 5.41) is 9.70. The van der Waals surface area contributed by atoms with Crippen LogP contribution in [0.4, 0.5) is 0 Å². The molecular formula is C51H34O. The lowest BCUT2D eigenvalue weighted by Crippen LogP contribution is -2.14. The van der Waals surface area contributed by atoms with Gasteiger partial charge in [0.15, 0.2) is 0 Å². The molecule has 0 fully saturated rings.